The van der Waals surface area contributed by atoms with E-state index in [1.807, 2.05) is 45.2 Å². The summed E-state index contributed by atoms with van der Waals surface area (Å²) in [5, 5.41) is 32.8. The van der Waals surface area contributed by atoms with Gasteiger partial charge in [-0.25, -0.2) is 4.98 Å². The van der Waals surface area contributed by atoms with Gasteiger partial charge in [-0.2, -0.15) is 15.8 Å². The molecule has 0 spiro atoms. The molecule has 0 saturated heterocycles. The van der Waals surface area contributed by atoms with Crippen LogP contribution in [0, 0.1) is 40.9 Å². The molecule has 0 aliphatic carbocycles. The van der Waals surface area contributed by atoms with Crippen molar-refractivity contribution < 1.29 is 4.79 Å². The Morgan fingerprint density at radius 2 is 1.86 bits per heavy atom. The molecule has 37 heavy (non-hydrogen) atoms. The minimum Gasteiger partial charge on any atom is -0.383 e. The number of hydrogen-bond acceptors (Lipinski definition) is 9. The van der Waals surface area contributed by atoms with E-state index in [1.165, 1.54) is 11.3 Å². The fourth-order valence-electron chi connectivity index (χ4n) is 4.28. The van der Waals surface area contributed by atoms with Crippen LogP contribution in [-0.4, -0.2) is 34.6 Å². The van der Waals surface area contributed by atoms with Crippen molar-refractivity contribution in [3.05, 3.63) is 57.0 Å². The maximum atomic E-state index is 13.4. The van der Waals surface area contributed by atoms with Crippen molar-refractivity contribution in [3.8, 4) is 29.3 Å². The number of amides is 1. The van der Waals surface area contributed by atoms with Crippen molar-refractivity contribution in [2.45, 2.75) is 43.5 Å². The molecule has 1 aromatic carbocycles. The monoisotopic (exact) mass is 527 g/mol. The summed E-state index contributed by atoms with van der Waals surface area (Å²) in [5.41, 5.74) is 10.2. The second kappa shape index (κ2) is 11.0. The van der Waals surface area contributed by atoms with Crippen molar-refractivity contribution in [1.29, 1.82) is 15.8 Å². The number of nitriles is 3. The predicted molar refractivity (Wildman–Crippen MR) is 146 cm³/mol. The zero-order valence-corrected chi connectivity index (χ0v) is 22.4. The van der Waals surface area contributed by atoms with Gasteiger partial charge in [0, 0.05) is 23.5 Å². The summed E-state index contributed by atoms with van der Waals surface area (Å²) < 4.78 is 0. The molecule has 1 atom stereocenters. The molecule has 0 fully saturated rings. The van der Waals surface area contributed by atoms with Gasteiger partial charge in [-0.15, -0.1) is 11.3 Å². The topological polar surface area (TPSA) is 143 Å². The number of hydrogen-bond donors (Lipinski definition) is 2. The summed E-state index contributed by atoms with van der Waals surface area (Å²) in [5.74, 6) is -0.266. The highest BCUT2D eigenvalue weighted by Crippen LogP contribution is 2.39. The number of aryl methyl sites for hydroxylation is 1. The average molecular weight is 528 g/mol. The third-order valence-electron chi connectivity index (χ3n) is 6.27. The molecule has 10 heteroatoms. The first-order valence-corrected chi connectivity index (χ1v) is 13.4. The van der Waals surface area contributed by atoms with Crippen LogP contribution in [-0.2, 0) is 17.8 Å². The molecule has 0 bridgehead atoms. The molecule has 0 saturated carbocycles. The molecule has 4 rings (SSSR count). The fourth-order valence-corrected chi connectivity index (χ4v) is 6.58. The van der Waals surface area contributed by atoms with E-state index < -0.39 is 5.25 Å². The van der Waals surface area contributed by atoms with Gasteiger partial charge in [0.25, 0.3) is 0 Å². The summed E-state index contributed by atoms with van der Waals surface area (Å²) in [7, 11) is 2.03. The van der Waals surface area contributed by atoms with Crippen LogP contribution in [0.3, 0.4) is 0 Å². The molecule has 1 unspecified atom stereocenters. The molecule has 3 N–H and O–H groups in total. The van der Waals surface area contributed by atoms with Gasteiger partial charge in [0.2, 0.25) is 5.91 Å². The Labute approximate surface area is 224 Å². The standard InChI is InChI=1S/C27H25N7OS2/c1-4-21(25(35)33-26-18(11-28)17-9-10-34(3)14-22(17)37-26)36-27-20(13-30)23(19(12-29)24(31)32-27)16-7-5-15(2)6-8-16/h5-8,21H,4,9-10,14H2,1-3H3,(H2,31,32)(H,33,35). The molecule has 1 amide bonds. The lowest BCUT2D eigenvalue weighted by atomic mass is 9.96. The zero-order valence-electron chi connectivity index (χ0n) is 20.8. The Hall–Kier alpha value is -3.88. The van der Waals surface area contributed by atoms with E-state index in [-0.39, 0.29) is 22.9 Å². The van der Waals surface area contributed by atoms with Crippen molar-refractivity contribution in [1.82, 2.24) is 9.88 Å². The number of thioether (sulfide) groups is 1. The van der Waals surface area contributed by atoms with E-state index in [9.17, 15) is 20.6 Å². The Bertz CT molecular complexity index is 1490. The minimum atomic E-state index is -0.592. The normalized spacial score (nSPS) is 13.6. The number of nitrogens with one attached hydrogen (secondary N) is 1. The number of fused-ring (bicyclic) bond motifs is 1. The number of anilines is 2. The maximum absolute atomic E-state index is 13.4. The van der Waals surface area contributed by atoms with Crippen molar-refractivity contribution in [2.24, 2.45) is 0 Å². The molecule has 0 radical (unpaired) electrons. The first-order chi connectivity index (χ1) is 17.8. The summed E-state index contributed by atoms with van der Waals surface area (Å²) >= 11 is 2.58. The quantitative estimate of drug-likeness (QED) is 0.435. The van der Waals surface area contributed by atoms with Crippen molar-refractivity contribution in [3.63, 3.8) is 0 Å². The number of rotatable bonds is 6. The highest BCUT2D eigenvalue weighted by molar-refractivity contribution is 8.00. The van der Waals surface area contributed by atoms with Gasteiger partial charge in [-0.05, 0) is 37.9 Å². The van der Waals surface area contributed by atoms with E-state index in [0.29, 0.717) is 33.1 Å². The van der Waals surface area contributed by atoms with Crippen LogP contribution < -0.4 is 11.1 Å². The predicted octanol–water partition coefficient (Wildman–Crippen LogP) is 4.81. The molecule has 3 aromatic rings. The van der Waals surface area contributed by atoms with Crippen LogP contribution in [0.5, 0.6) is 0 Å². The SMILES string of the molecule is CCC(Sc1nc(N)c(C#N)c(-c2ccc(C)cc2)c1C#N)C(=O)Nc1sc2c(c1C#N)CCN(C)C2. The highest BCUT2D eigenvalue weighted by atomic mass is 32.2. The number of pyridine rings is 1. The largest absolute Gasteiger partial charge is 0.383 e. The molecule has 3 heterocycles. The second-order valence-corrected chi connectivity index (χ2v) is 11.1. The fraction of sp³-hybridized carbons (Fsp3) is 0.296. The third kappa shape index (κ3) is 5.16. The number of benzene rings is 1. The Kier molecular flexibility index (Phi) is 7.80. The van der Waals surface area contributed by atoms with Crippen LogP contribution in [0.15, 0.2) is 29.3 Å². The summed E-state index contributed by atoms with van der Waals surface area (Å²) in [6.07, 6.45) is 1.23. The number of carbonyl (C=O) groups is 1. The van der Waals surface area contributed by atoms with E-state index in [2.05, 4.69) is 33.4 Å². The summed E-state index contributed by atoms with van der Waals surface area (Å²) in [6.45, 7) is 5.44. The van der Waals surface area contributed by atoms with Crippen LogP contribution in [0.1, 0.15) is 46.0 Å². The molecular weight excluding hydrogens is 502 g/mol. The lowest BCUT2D eigenvalue weighted by molar-refractivity contribution is -0.115. The second-order valence-electron chi connectivity index (χ2n) is 8.83. The number of thiophene rings is 1. The number of carbonyl (C=O) groups excluding carboxylic acids is 1. The maximum Gasteiger partial charge on any atom is 0.238 e. The van der Waals surface area contributed by atoms with E-state index >= 15 is 0 Å². The van der Waals surface area contributed by atoms with E-state index in [1.54, 1.807) is 0 Å². The number of nitrogen functional groups attached to an aromatic ring is 1. The third-order valence-corrected chi connectivity index (χ3v) is 8.75. The number of nitrogens with zero attached hydrogens (tertiary/aromatic N) is 5. The van der Waals surface area contributed by atoms with Crippen LogP contribution in [0.25, 0.3) is 11.1 Å². The molecule has 1 aliphatic heterocycles. The molecule has 186 valence electrons. The highest BCUT2D eigenvalue weighted by Gasteiger charge is 2.28. The lowest BCUT2D eigenvalue weighted by Gasteiger charge is -2.21. The van der Waals surface area contributed by atoms with Gasteiger partial charge in [0.1, 0.15) is 39.6 Å². The van der Waals surface area contributed by atoms with Crippen molar-refractivity contribution >= 4 is 39.8 Å². The Morgan fingerprint density at radius 3 is 2.49 bits per heavy atom. The van der Waals surface area contributed by atoms with Crippen LogP contribution in [0.4, 0.5) is 10.8 Å². The van der Waals surface area contributed by atoms with Crippen molar-refractivity contribution in [2.75, 3.05) is 24.6 Å². The molecule has 8 nitrogen and oxygen atoms in total. The average Bonchev–Trinajstić information content (AvgIpc) is 3.22. The van der Waals surface area contributed by atoms with Crippen LogP contribution in [0.2, 0.25) is 0 Å². The van der Waals surface area contributed by atoms with Gasteiger partial charge in [0.15, 0.2) is 0 Å². The Morgan fingerprint density at radius 1 is 1.19 bits per heavy atom. The van der Waals surface area contributed by atoms with Gasteiger partial charge >= 0.3 is 0 Å². The smallest absolute Gasteiger partial charge is 0.238 e. The molecule has 2 aromatic heterocycles. The first kappa shape index (κ1) is 26.2. The van der Waals surface area contributed by atoms with Gasteiger partial charge in [-0.1, -0.05) is 48.5 Å². The van der Waals surface area contributed by atoms with E-state index in [0.717, 1.165) is 47.3 Å². The Balaban J connectivity index is 1.68. The molecular formula is C27H25N7OS2. The van der Waals surface area contributed by atoms with Gasteiger partial charge in [0.05, 0.1) is 16.4 Å². The minimum absolute atomic E-state index is 0.0108. The lowest BCUT2D eigenvalue weighted by Crippen LogP contribution is -2.25. The van der Waals surface area contributed by atoms with Gasteiger partial charge in [-0.3, -0.25) is 4.79 Å². The number of nitrogens with two attached hydrogens (primary N) is 1. The molecule has 1 aliphatic rings. The number of aromatic nitrogens is 1. The van der Waals surface area contributed by atoms with Crippen LogP contribution >= 0.6 is 23.1 Å². The first-order valence-electron chi connectivity index (χ1n) is 11.7. The van der Waals surface area contributed by atoms with Gasteiger partial charge < -0.3 is 16.0 Å². The number of likely N-dealkylation sites (N-methyl/N-ethyl adjacent to an activating group) is 1. The zero-order chi connectivity index (χ0) is 26.7. The summed E-state index contributed by atoms with van der Waals surface area (Å²) in [6, 6.07) is 14.0. The summed E-state index contributed by atoms with van der Waals surface area (Å²) in [4.78, 5) is 21.0. The van der Waals surface area contributed by atoms with E-state index in [4.69, 9.17) is 5.73 Å².